The molecule has 2 fully saturated rings. The van der Waals surface area contributed by atoms with Gasteiger partial charge in [0.2, 0.25) is 23.4 Å². The predicted octanol–water partition coefficient (Wildman–Crippen LogP) is 7.93. The minimum absolute atomic E-state index is 0.0121. The molecule has 0 spiro atoms. The number of benzene rings is 4. The van der Waals surface area contributed by atoms with E-state index in [0.29, 0.717) is 55.2 Å². The largest absolute Gasteiger partial charge is 0.339 e. The van der Waals surface area contributed by atoms with Crippen LogP contribution in [0.4, 0.5) is 13.2 Å². The molecule has 2 aromatic heterocycles. The van der Waals surface area contributed by atoms with E-state index >= 15 is 0 Å². The van der Waals surface area contributed by atoms with Crippen LogP contribution in [0.5, 0.6) is 0 Å². The first kappa shape index (κ1) is 35.3. The van der Waals surface area contributed by atoms with Crippen molar-refractivity contribution in [1.29, 1.82) is 0 Å². The molecule has 0 saturated carbocycles. The third-order valence-electron chi connectivity index (χ3n) is 9.32. The molecule has 2 atom stereocenters. The maximum absolute atomic E-state index is 13.4. The SMILES string of the molecule is O=C(c1ccc(F)c(F)c1)N1CCC[C@H](c2nc(-c3ccccc3)no2)C1.O=C(c1ccc(F)cc1)N1CCC[C@H](c2nc(-c3ccccc3)no2)C1. The molecule has 2 saturated heterocycles. The molecular formula is C40H35F3N6O4. The number of nitrogens with zero attached hydrogens (tertiary/aromatic N) is 6. The monoisotopic (exact) mass is 720 g/mol. The molecule has 8 rings (SSSR count). The average Bonchev–Trinajstić information content (AvgIpc) is 3.92. The molecule has 6 aromatic rings. The highest BCUT2D eigenvalue weighted by atomic mass is 19.2. The molecule has 0 N–H and O–H groups in total. The first-order valence-electron chi connectivity index (χ1n) is 17.4. The number of carbonyl (C=O) groups is 2. The van der Waals surface area contributed by atoms with Gasteiger partial charge >= 0.3 is 0 Å². The molecule has 0 unspecified atom stereocenters. The van der Waals surface area contributed by atoms with Crippen molar-refractivity contribution in [3.8, 4) is 22.8 Å². The normalized spacial score (nSPS) is 17.2. The van der Waals surface area contributed by atoms with Crippen LogP contribution in [0.3, 0.4) is 0 Å². The van der Waals surface area contributed by atoms with Gasteiger partial charge in [0.25, 0.3) is 11.8 Å². The van der Waals surface area contributed by atoms with Crippen molar-refractivity contribution in [3.63, 3.8) is 0 Å². The lowest BCUT2D eigenvalue weighted by molar-refractivity contribution is 0.0688. The van der Waals surface area contributed by atoms with Gasteiger partial charge in [-0.3, -0.25) is 9.59 Å². The van der Waals surface area contributed by atoms with Crippen LogP contribution in [0.25, 0.3) is 22.8 Å². The van der Waals surface area contributed by atoms with Gasteiger partial charge in [-0.25, -0.2) is 13.2 Å². The Labute approximate surface area is 303 Å². The molecule has 4 heterocycles. The highest BCUT2D eigenvalue weighted by Gasteiger charge is 2.31. The Kier molecular flexibility index (Phi) is 10.7. The van der Waals surface area contributed by atoms with E-state index in [1.165, 1.54) is 30.3 Å². The zero-order chi connectivity index (χ0) is 36.7. The van der Waals surface area contributed by atoms with Crippen molar-refractivity contribution in [3.05, 3.63) is 143 Å². The van der Waals surface area contributed by atoms with Gasteiger partial charge in [-0.15, -0.1) is 0 Å². The second-order valence-electron chi connectivity index (χ2n) is 13.0. The Hall–Kier alpha value is -6.11. The summed E-state index contributed by atoms with van der Waals surface area (Å²) >= 11 is 0. The van der Waals surface area contributed by atoms with Crippen molar-refractivity contribution < 1.29 is 31.8 Å². The highest BCUT2D eigenvalue weighted by Crippen LogP contribution is 2.30. The maximum Gasteiger partial charge on any atom is 0.253 e. The number of halogens is 3. The third-order valence-corrected chi connectivity index (χ3v) is 9.32. The molecule has 270 valence electrons. The molecular weight excluding hydrogens is 685 g/mol. The van der Waals surface area contributed by atoms with Crippen LogP contribution in [-0.4, -0.2) is 68.1 Å². The van der Waals surface area contributed by atoms with Crippen LogP contribution in [0, 0.1) is 17.5 Å². The number of rotatable bonds is 6. The zero-order valence-electron chi connectivity index (χ0n) is 28.6. The van der Waals surface area contributed by atoms with Gasteiger partial charge in [-0.1, -0.05) is 71.0 Å². The molecule has 2 aliphatic rings. The number of piperidine rings is 2. The van der Waals surface area contributed by atoms with Gasteiger partial charge in [-0.05, 0) is 68.1 Å². The second-order valence-corrected chi connectivity index (χ2v) is 13.0. The van der Waals surface area contributed by atoms with E-state index in [9.17, 15) is 22.8 Å². The fourth-order valence-corrected chi connectivity index (χ4v) is 6.52. The number of hydrogen-bond acceptors (Lipinski definition) is 8. The van der Waals surface area contributed by atoms with Crippen LogP contribution < -0.4 is 0 Å². The molecule has 13 heteroatoms. The lowest BCUT2D eigenvalue weighted by Gasteiger charge is -2.31. The topological polar surface area (TPSA) is 118 Å². The summed E-state index contributed by atoms with van der Waals surface area (Å²) in [5.74, 6) is -0.747. The van der Waals surface area contributed by atoms with E-state index < -0.39 is 11.6 Å². The number of hydrogen-bond donors (Lipinski definition) is 0. The second kappa shape index (κ2) is 16.1. The van der Waals surface area contributed by atoms with Crippen molar-refractivity contribution in [2.45, 2.75) is 37.5 Å². The van der Waals surface area contributed by atoms with Gasteiger partial charge in [0.15, 0.2) is 11.6 Å². The minimum atomic E-state index is -1.03. The first-order valence-corrected chi connectivity index (χ1v) is 17.4. The van der Waals surface area contributed by atoms with Crippen LogP contribution in [-0.2, 0) is 0 Å². The van der Waals surface area contributed by atoms with E-state index in [-0.39, 0.29) is 35.0 Å². The Bertz CT molecular complexity index is 2160. The molecule has 0 radical (unpaired) electrons. The smallest absolute Gasteiger partial charge is 0.253 e. The highest BCUT2D eigenvalue weighted by molar-refractivity contribution is 5.94. The Morgan fingerprint density at radius 2 is 1.06 bits per heavy atom. The molecule has 0 aliphatic carbocycles. The van der Waals surface area contributed by atoms with Gasteiger partial charge in [0, 0.05) is 48.4 Å². The van der Waals surface area contributed by atoms with Crippen LogP contribution >= 0.6 is 0 Å². The summed E-state index contributed by atoms with van der Waals surface area (Å²) in [7, 11) is 0. The van der Waals surface area contributed by atoms with E-state index in [0.717, 1.165) is 48.9 Å². The van der Waals surface area contributed by atoms with Crippen molar-refractivity contribution in [1.82, 2.24) is 30.1 Å². The van der Waals surface area contributed by atoms with Gasteiger partial charge in [-0.2, -0.15) is 9.97 Å². The minimum Gasteiger partial charge on any atom is -0.339 e. The summed E-state index contributed by atoms with van der Waals surface area (Å²) in [6.45, 7) is 2.14. The summed E-state index contributed by atoms with van der Waals surface area (Å²) in [5, 5.41) is 8.10. The fourth-order valence-electron chi connectivity index (χ4n) is 6.52. The van der Waals surface area contributed by atoms with Crippen LogP contribution in [0.1, 0.15) is 70.0 Å². The van der Waals surface area contributed by atoms with Crippen molar-refractivity contribution >= 4 is 11.8 Å². The molecule has 53 heavy (non-hydrogen) atoms. The summed E-state index contributed by atoms with van der Waals surface area (Å²) in [6.07, 6.45) is 3.34. The fraction of sp³-hybridized carbons (Fsp3) is 0.250. The van der Waals surface area contributed by atoms with Crippen LogP contribution in [0.2, 0.25) is 0 Å². The molecule has 0 bridgehead atoms. The lowest BCUT2D eigenvalue weighted by atomic mass is 9.97. The van der Waals surface area contributed by atoms with Gasteiger partial charge in [0.1, 0.15) is 5.82 Å². The molecule has 10 nitrogen and oxygen atoms in total. The zero-order valence-corrected chi connectivity index (χ0v) is 28.6. The van der Waals surface area contributed by atoms with Crippen molar-refractivity contribution in [2.75, 3.05) is 26.2 Å². The summed E-state index contributed by atoms with van der Waals surface area (Å²) in [5.41, 5.74) is 2.38. The molecule has 2 amide bonds. The van der Waals surface area contributed by atoms with Crippen LogP contribution in [0.15, 0.2) is 112 Å². The quantitative estimate of drug-likeness (QED) is 0.170. The summed E-state index contributed by atoms with van der Waals surface area (Å²) in [6, 6.07) is 28.0. The predicted molar refractivity (Wildman–Crippen MR) is 188 cm³/mol. The molecule has 2 aliphatic heterocycles. The number of carbonyl (C=O) groups excluding carboxylic acids is 2. The van der Waals surface area contributed by atoms with Crippen molar-refractivity contribution in [2.24, 2.45) is 0 Å². The number of likely N-dealkylation sites (tertiary alicyclic amines) is 2. The number of amides is 2. The standard InChI is InChI=1S/C20H17F2N3O2.C20H18FN3O2/c21-16-9-8-14(11-17(16)22)20(26)25-10-4-7-15(12-25)19-23-18(24-27-19)13-5-2-1-3-6-13;21-17-10-8-15(9-11-17)20(25)24-12-4-7-16(13-24)19-22-18(23-26-19)14-5-2-1-3-6-14/h1-3,5-6,8-9,11,15H,4,7,10,12H2;1-3,5-6,8-11,16H,4,7,12-13H2/t15-;16-/m00/s1. The van der Waals surface area contributed by atoms with Gasteiger partial charge < -0.3 is 18.8 Å². The number of aromatic nitrogens is 4. The summed E-state index contributed by atoms with van der Waals surface area (Å²) in [4.78, 5) is 37.7. The Morgan fingerprint density at radius 1 is 0.585 bits per heavy atom. The first-order chi connectivity index (χ1) is 25.8. The lowest BCUT2D eigenvalue weighted by Crippen LogP contribution is -2.39. The Morgan fingerprint density at radius 3 is 1.55 bits per heavy atom. The third kappa shape index (κ3) is 8.35. The Balaban J connectivity index is 0.000000164. The molecule has 4 aromatic carbocycles. The summed E-state index contributed by atoms with van der Waals surface area (Å²) < 4.78 is 50.5. The maximum atomic E-state index is 13.4. The van der Waals surface area contributed by atoms with E-state index in [4.69, 9.17) is 9.05 Å². The van der Waals surface area contributed by atoms with E-state index in [1.807, 2.05) is 60.7 Å². The average molecular weight is 721 g/mol. The van der Waals surface area contributed by atoms with Gasteiger partial charge in [0.05, 0.1) is 11.8 Å². The van der Waals surface area contributed by atoms with E-state index in [1.54, 1.807) is 9.80 Å². The van der Waals surface area contributed by atoms with E-state index in [2.05, 4.69) is 20.3 Å².